The maximum atomic E-state index is 4.34. The molecule has 0 aliphatic carbocycles. The van der Waals surface area contributed by atoms with Gasteiger partial charge in [0.1, 0.15) is 10.3 Å². The normalized spacial score (nSPS) is 11.1. The summed E-state index contributed by atoms with van der Waals surface area (Å²) in [5.41, 5.74) is 4.79. The highest BCUT2D eigenvalue weighted by Gasteiger charge is 2.07. The SMILES string of the molecule is Cc1cc(C)c2ncc(Br)n2c1C. The second-order valence-electron chi connectivity index (χ2n) is 3.34. The summed E-state index contributed by atoms with van der Waals surface area (Å²) in [6.07, 6.45) is 1.84. The van der Waals surface area contributed by atoms with E-state index in [4.69, 9.17) is 0 Å². The number of aryl methyl sites for hydroxylation is 3. The van der Waals surface area contributed by atoms with Crippen LogP contribution in [0.1, 0.15) is 16.8 Å². The number of hydrogen-bond donors (Lipinski definition) is 0. The van der Waals surface area contributed by atoms with Gasteiger partial charge in [-0.05, 0) is 47.8 Å². The van der Waals surface area contributed by atoms with Crippen molar-refractivity contribution in [2.45, 2.75) is 20.8 Å². The van der Waals surface area contributed by atoms with Gasteiger partial charge in [0.15, 0.2) is 0 Å². The zero-order valence-electron chi connectivity index (χ0n) is 7.93. The van der Waals surface area contributed by atoms with E-state index >= 15 is 0 Å². The summed E-state index contributed by atoms with van der Waals surface area (Å²) in [5, 5.41) is 0. The van der Waals surface area contributed by atoms with E-state index in [9.17, 15) is 0 Å². The first kappa shape index (κ1) is 8.75. The first-order valence-electron chi connectivity index (χ1n) is 4.21. The lowest BCUT2D eigenvalue weighted by atomic mass is 10.1. The van der Waals surface area contributed by atoms with E-state index in [1.54, 1.807) is 0 Å². The van der Waals surface area contributed by atoms with E-state index in [0.717, 1.165) is 10.3 Å². The first-order valence-corrected chi connectivity index (χ1v) is 5.00. The van der Waals surface area contributed by atoms with E-state index in [2.05, 4.69) is 52.2 Å². The first-order chi connectivity index (χ1) is 6.11. The molecule has 2 aromatic heterocycles. The fourth-order valence-electron chi connectivity index (χ4n) is 1.60. The topological polar surface area (TPSA) is 17.3 Å². The second kappa shape index (κ2) is 2.84. The zero-order valence-corrected chi connectivity index (χ0v) is 9.51. The molecule has 2 rings (SSSR count). The van der Waals surface area contributed by atoms with Crippen LogP contribution in [0.15, 0.2) is 16.9 Å². The Kier molecular flexibility index (Phi) is 1.91. The molecule has 0 aliphatic heterocycles. The lowest BCUT2D eigenvalue weighted by Gasteiger charge is -2.07. The Balaban J connectivity index is 3.00. The summed E-state index contributed by atoms with van der Waals surface area (Å²) in [6, 6.07) is 2.17. The molecule has 0 radical (unpaired) electrons. The van der Waals surface area contributed by atoms with Crippen molar-refractivity contribution in [2.75, 3.05) is 0 Å². The molecule has 2 heterocycles. The van der Waals surface area contributed by atoms with Gasteiger partial charge in [0, 0.05) is 5.69 Å². The predicted octanol–water partition coefficient (Wildman–Crippen LogP) is 3.02. The average molecular weight is 239 g/mol. The molecule has 0 atom stereocenters. The van der Waals surface area contributed by atoms with Gasteiger partial charge < -0.3 is 0 Å². The van der Waals surface area contributed by atoms with Crippen LogP contribution in [0.5, 0.6) is 0 Å². The van der Waals surface area contributed by atoms with Gasteiger partial charge in [-0.2, -0.15) is 0 Å². The maximum Gasteiger partial charge on any atom is 0.140 e. The third-order valence-corrected chi connectivity index (χ3v) is 2.97. The largest absolute Gasteiger partial charge is 0.291 e. The highest BCUT2D eigenvalue weighted by atomic mass is 79.9. The van der Waals surface area contributed by atoms with Crippen LogP contribution in [0.2, 0.25) is 0 Å². The van der Waals surface area contributed by atoms with Crippen LogP contribution >= 0.6 is 15.9 Å². The van der Waals surface area contributed by atoms with Crippen LogP contribution in [0.4, 0.5) is 0 Å². The van der Waals surface area contributed by atoms with Crippen molar-refractivity contribution < 1.29 is 0 Å². The number of imidazole rings is 1. The molecule has 0 bridgehead atoms. The summed E-state index contributed by atoms with van der Waals surface area (Å²) in [6.45, 7) is 6.31. The van der Waals surface area contributed by atoms with E-state index in [1.807, 2.05) is 6.20 Å². The lowest BCUT2D eigenvalue weighted by molar-refractivity contribution is 1.03. The van der Waals surface area contributed by atoms with Crippen LogP contribution in [-0.4, -0.2) is 9.38 Å². The standard InChI is InChI=1S/C10H11BrN2/c1-6-4-7(2)10-12-5-9(11)13(10)8(6)3/h4-5H,1-3H3. The molecular formula is C10H11BrN2. The number of pyridine rings is 1. The Morgan fingerprint density at radius 2 is 1.92 bits per heavy atom. The average Bonchev–Trinajstić information content (AvgIpc) is 2.44. The summed E-state index contributed by atoms with van der Waals surface area (Å²) < 4.78 is 3.15. The van der Waals surface area contributed by atoms with E-state index in [0.29, 0.717) is 0 Å². The van der Waals surface area contributed by atoms with Crippen molar-refractivity contribution in [1.82, 2.24) is 9.38 Å². The Morgan fingerprint density at radius 1 is 1.23 bits per heavy atom. The minimum Gasteiger partial charge on any atom is -0.291 e. The fourth-order valence-corrected chi connectivity index (χ4v) is 2.13. The molecule has 0 N–H and O–H groups in total. The molecule has 0 fully saturated rings. The molecule has 13 heavy (non-hydrogen) atoms. The van der Waals surface area contributed by atoms with Crippen LogP contribution in [0, 0.1) is 20.8 Å². The number of halogens is 1. The van der Waals surface area contributed by atoms with Gasteiger partial charge in [-0.25, -0.2) is 4.98 Å². The predicted molar refractivity (Wildman–Crippen MR) is 57.1 cm³/mol. The van der Waals surface area contributed by atoms with Crippen molar-refractivity contribution in [2.24, 2.45) is 0 Å². The molecule has 0 aliphatic rings. The number of hydrogen-bond acceptors (Lipinski definition) is 1. The Bertz CT molecular complexity index is 471. The summed E-state index contributed by atoms with van der Waals surface area (Å²) in [7, 11) is 0. The Morgan fingerprint density at radius 3 is 2.62 bits per heavy atom. The lowest BCUT2D eigenvalue weighted by Crippen LogP contribution is -1.97. The summed E-state index contributed by atoms with van der Waals surface area (Å²) in [5.74, 6) is 0. The number of nitrogens with zero attached hydrogens (tertiary/aromatic N) is 2. The summed E-state index contributed by atoms with van der Waals surface area (Å²) >= 11 is 3.49. The maximum absolute atomic E-state index is 4.34. The van der Waals surface area contributed by atoms with Gasteiger partial charge in [0.2, 0.25) is 0 Å². The third-order valence-electron chi connectivity index (χ3n) is 2.41. The zero-order chi connectivity index (χ0) is 9.59. The number of aromatic nitrogens is 2. The van der Waals surface area contributed by atoms with Gasteiger partial charge in [-0.3, -0.25) is 4.40 Å². The molecule has 0 unspecified atom stereocenters. The van der Waals surface area contributed by atoms with E-state index < -0.39 is 0 Å². The molecule has 3 heteroatoms. The van der Waals surface area contributed by atoms with Gasteiger partial charge in [-0.15, -0.1) is 0 Å². The van der Waals surface area contributed by atoms with Crippen LogP contribution in [0.25, 0.3) is 5.65 Å². The van der Waals surface area contributed by atoms with Crippen LogP contribution < -0.4 is 0 Å². The third kappa shape index (κ3) is 1.18. The molecule has 0 spiro atoms. The molecule has 0 saturated heterocycles. The van der Waals surface area contributed by atoms with Crippen molar-refractivity contribution in [3.8, 4) is 0 Å². The molecule has 2 nitrogen and oxygen atoms in total. The van der Waals surface area contributed by atoms with Gasteiger partial charge in [0.25, 0.3) is 0 Å². The second-order valence-corrected chi connectivity index (χ2v) is 4.15. The minimum atomic E-state index is 1.02. The molecular weight excluding hydrogens is 228 g/mol. The smallest absolute Gasteiger partial charge is 0.140 e. The molecule has 0 amide bonds. The molecule has 0 aromatic carbocycles. The van der Waals surface area contributed by atoms with Crippen LogP contribution in [0.3, 0.4) is 0 Å². The molecule has 2 aromatic rings. The molecule has 68 valence electrons. The van der Waals surface area contributed by atoms with Crippen molar-refractivity contribution in [1.29, 1.82) is 0 Å². The number of fused-ring (bicyclic) bond motifs is 1. The van der Waals surface area contributed by atoms with Crippen LogP contribution in [-0.2, 0) is 0 Å². The minimum absolute atomic E-state index is 1.02. The van der Waals surface area contributed by atoms with Gasteiger partial charge in [0.05, 0.1) is 6.20 Å². The monoisotopic (exact) mass is 238 g/mol. The van der Waals surface area contributed by atoms with Crippen molar-refractivity contribution >= 4 is 21.6 Å². The van der Waals surface area contributed by atoms with E-state index in [1.165, 1.54) is 16.8 Å². The van der Waals surface area contributed by atoms with Gasteiger partial charge in [-0.1, -0.05) is 6.07 Å². The number of rotatable bonds is 0. The summed E-state index contributed by atoms with van der Waals surface area (Å²) in [4.78, 5) is 4.34. The highest BCUT2D eigenvalue weighted by Crippen LogP contribution is 2.20. The van der Waals surface area contributed by atoms with Gasteiger partial charge >= 0.3 is 0 Å². The van der Waals surface area contributed by atoms with Crippen molar-refractivity contribution in [3.05, 3.63) is 33.7 Å². The fraction of sp³-hybridized carbons (Fsp3) is 0.300. The quantitative estimate of drug-likeness (QED) is 0.690. The van der Waals surface area contributed by atoms with Crippen molar-refractivity contribution in [3.63, 3.8) is 0 Å². The van der Waals surface area contributed by atoms with E-state index in [-0.39, 0.29) is 0 Å². The Labute approximate surface area is 85.7 Å². The Hall–Kier alpha value is -0.830. The highest BCUT2D eigenvalue weighted by molar-refractivity contribution is 9.10. The molecule has 0 saturated carbocycles.